The number of rotatable bonds is 5. The number of tetrazole rings is 1. The summed E-state index contributed by atoms with van der Waals surface area (Å²) >= 11 is 3.15. The lowest BCUT2D eigenvalue weighted by Gasteiger charge is -2.00. The minimum Gasteiger partial charge on any atom is -0.235 e. The van der Waals surface area contributed by atoms with Gasteiger partial charge in [0.05, 0.1) is 0 Å². The molecule has 0 amide bonds. The van der Waals surface area contributed by atoms with Crippen LogP contribution in [0, 0.1) is 6.92 Å². The quantitative estimate of drug-likeness (QED) is 0.821. The Morgan fingerprint density at radius 3 is 3.06 bits per heavy atom. The van der Waals surface area contributed by atoms with Crippen molar-refractivity contribution >= 4 is 23.1 Å². The summed E-state index contributed by atoms with van der Waals surface area (Å²) in [5, 5.41) is 14.5. The van der Waals surface area contributed by atoms with Gasteiger partial charge in [0.1, 0.15) is 0 Å². The fourth-order valence-electron chi connectivity index (χ4n) is 1.18. The highest BCUT2D eigenvalue weighted by atomic mass is 32.2. The molecule has 2 aromatic rings. The van der Waals surface area contributed by atoms with Crippen LogP contribution in [0.25, 0.3) is 0 Å². The number of nitrogens with zero attached hydrogens (tertiary/aromatic N) is 5. The molecule has 86 valence electrons. The van der Waals surface area contributed by atoms with E-state index in [-0.39, 0.29) is 0 Å². The first-order chi connectivity index (χ1) is 7.79. The average molecular weight is 255 g/mol. The predicted octanol–water partition coefficient (Wildman–Crippen LogP) is 2.39. The Hall–Kier alpha value is -0.950. The van der Waals surface area contributed by atoms with Crippen molar-refractivity contribution in [2.24, 2.45) is 0 Å². The molecule has 0 unspecified atom stereocenters. The first-order valence-corrected chi connectivity index (χ1v) is 6.85. The Kier molecular flexibility index (Phi) is 3.89. The lowest BCUT2D eigenvalue weighted by atomic mass is 10.3. The lowest BCUT2D eigenvalue weighted by Crippen LogP contribution is -2.01. The van der Waals surface area contributed by atoms with E-state index in [0.29, 0.717) is 0 Å². The van der Waals surface area contributed by atoms with Gasteiger partial charge in [0, 0.05) is 17.6 Å². The summed E-state index contributed by atoms with van der Waals surface area (Å²) in [6, 6.07) is 0. The van der Waals surface area contributed by atoms with Gasteiger partial charge in [-0.25, -0.2) is 9.67 Å². The molecule has 0 spiro atoms. The van der Waals surface area contributed by atoms with Crippen LogP contribution in [0.3, 0.4) is 0 Å². The summed E-state index contributed by atoms with van der Waals surface area (Å²) in [7, 11) is 0. The van der Waals surface area contributed by atoms with Gasteiger partial charge in [-0.15, -0.1) is 16.4 Å². The second-order valence-corrected chi connectivity index (χ2v) is 5.47. The minimum atomic E-state index is 0.822. The predicted molar refractivity (Wildman–Crippen MR) is 63.7 cm³/mol. The standard InChI is InChI=1S/C9H13N5S2/c1-3-4-5-14-8(11-12-13-14)16-9-10-7(2)6-15-9/h6H,3-5H2,1-2H3. The van der Waals surface area contributed by atoms with Gasteiger partial charge in [-0.1, -0.05) is 13.3 Å². The number of thiazole rings is 1. The van der Waals surface area contributed by atoms with E-state index in [0.717, 1.165) is 34.6 Å². The molecule has 0 aliphatic rings. The van der Waals surface area contributed by atoms with E-state index in [1.54, 1.807) is 11.3 Å². The zero-order valence-electron chi connectivity index (χ0n) is 9.25. The van der Waals surface area contributed by atoms with E-state index in [2.05, 4.69) is 27.4 Å². The Balaban J connectivity index is 2.06. The molecular formula is C9H13N5S2. The second-order valence-electron chi connectivity index (χ2n) is 3.40. The highest BCUT2D eigenvalue weighted by molar-refractivity contribution is 8.00. The smallest absolute Gasteiger partial charge is 0.216 e. The summed E-state index contributed by atoms with van der Waals surface area (Å²) in [4.78, 5) is 4.38. The maximum atomic E-state index is 4.38. The van der Waals surface area contributed by atoms with Gasteiger partial charge in [0.2, 0.25) is 5.16 Å². The molecule has 0 fully saturated rings. The summed E-state index contributed by atoms with van der Waals surface area (Å²) < 4.78 is 2.83. The zero-order valence-corrected chi connectivity index (χ0v) is 10.9. The normalized spacial score (nSPS) is 10.9. The molecule has 16 heavy (non-hydrogen) atoms. The van der Waals surface area contributed by atoms with Gasteiger partial charge in [-0.05, 0) is 35.5 Å². The third kappa shape index (κ3) is 2.79. The van der Waals surface area contributed by atoms with Crippen LogP contribution in [0.5, 0.6) is 0 Å². The van der Waals surface area contributed by atoms with Crippen LogP contribution < -0.4 is 0 Å². The monoisotopic (exact) mass is 255 g/mol. The Morgan fingerprint density at radius 1 is 1.50 bits per heavy atom. The molecule has 5 nitrogen and oxygen atoms in total. The van der Waals surface area contributed by atoms with Crippen LogP contribution in [-0.4, -0.2) is 25.2 Å². The van der Waals surface area contributed by atoms with Crippen LogP contribution >= 0.6 is 23.1 Å². The van der Waals surface area contributed by atoms with Crippen LogP contribution in [0.2, 0.25) is 0 Å². The third-order valence-electron chi connectivity index (χ3n) is 2.00. The van der Waals surface area contributed by atoms with E-state index >= 15 is 0 Å². The molecule has 0 atom stereocenters. The van der Waals surface area contributed by atoms with Crippen molar-refractivity contribution < 1.29 is 0 Å². The van der Waals surface area contributed by atoms with Crippen molar-refractivity contribution in [2.45, 2.75) is 42.7 Å². The zero-order chi connectivity index (χ0) is 11.4. The molecular weight excluding hydrogens is 242 g/mol. The molecule has 0 N–H and O–H groups in total. The van der Waals surface area contributed by atoms with E-state index in [1.807, 2.05) is 17.0 Å². The largest absolute Gasteiger partial charge is 0.235 e. The topological polar surface area (TPSA) is 56.5 Å². The van der Waals surface area contributed by atoms with Crippen molar-refractivity contribution in [3.63, 3.8) is 0 Å². The summed E-state index contributed by atoms with van der Waals surface area (Å²) in [5.74, 6) is 0. The van der Waals surface area contributed by atoms with E-state index in [1.165, 1.54) is 11.8 Å². The fourth-order valence-corrected chi connectivity index (χ4v) is 2.91. The molecule has 2 heterocycles. The number of unbranched alkanes of at least 4 members (excludes halogenated alkanes) is 1. The Labute approximate surface area is 102 Å². The third-order valence-corrected chi connectivity index (χ3v) is 4.03. The van der Waals surface area contributed by atoms with Gasteiger partial charge in [-0.2, -0.15) is 0 Å². The van der Waals surface area contributed by atoms with Crippen molar-refractivity contribution in [3.8, 4) is 0 Å². The molecule has 2 rings (SSSR count). The van der Waals surface area contributed by atoms with Crippen LogP contribution in [-0.2, 0) is 6.54 Å². The molecule has 0 bridgehead atoms. The molecule has 0 saturated carbocycles. The molecule has 7 heteroatoms. The summed E-state index contributed by atoms with van der Waals surface area (Å²) in [6.45, 7) is 5.01. The second kappa shape index (κ2) is 5.40. The van der Waals surface area contributed by atoms with Crippen molar-refractivity contribution in [2.75, 3.05) is 0 Å². The lowest BCUT2D eigenvalue weighted by molar-refractivity contribution is 0.518. The van der Waals surface area contributed by atoms with Gasteiger partial charge < -0.3 is 0 Å². The first kappa shape index (κ1) is 11.5. The molecule has 0 radical (unpaired) electrons. The number of aryl methyl sites for hydroxylation is 2. The highest BCUT2D eigenvalue weighted by Gasteiger charge is 2.09. The maximum Gasteiger partial charge on any atom is 0.216 e. The van der Waals surface area contributed by atoms with Crippen molar-refractivity contribution in [1.29, 1.82) is 0 Å². The van der Waals surface area contributed by atoms with Crippen molar-refractivity contribution in [3.05, 3.63) is 11.1 Å². The summed E-state index contributed by atoms with van der Waals surface area (Å²) in [6.07, 6.45) is 2.23. The van der Waals surface area contributed by atoms with Crippen LogP contribution in [0.15, 0.2) is 14.9 Å². The Bertz CT molecular complexity index is 450. The van der Waals surface area contributed by atoms with Crippen molar-refractivity contribution in [1.82, 2.24) is 25.2 Å². The van der Waals surface area contributed by atoms with Gasteiger partial charge in [0.25, 0.3) is 0 Å². The SMILES string of the molecule is CCCCn1nnnc1Sc1nc(C)cs1. The molecule has 0 aromatic carbocycles. The van der Waals surface area contributed by atoms with E-state index in [4.69, 9.17) is 0 Å². The fraction of sp³-hybridized carbons (Fsp3) is 0.556. The van der Waals surface area contributed by atoms with Gasteiger partial charge >= 0.3 is 0 Å². The molecule has 2 aromatic heterocycles. The van der Waals surface area contributed by atoms with Gasteiger partial charge in [0.15, 0.2) is 4.34 Å². The minimum absolute atomic E-state index is 0.822. The molecule has 0 aliphatic carbocycles. The van der Waals surface area contributed by atoms with Gasteiger partial charge in [-0.3, -0.25) is 0 Å². The summed E-state index contributed by atoms with van der Waals surface area (Å²) in [5.41, 5.74) is 1.04. The number of aromatic nitrogens is 5. The number of hydrogen-bond donors (Lipinski definition) is 0. The highest BCUT2D eigenvalue weighted by Crippen LogP contribution is 2.28. The van der Waals surface area contributed by atoms with E-state index < -0.39 is 0 Å². The first-order valence-electron chi connectivity index (χ1n) is 5.15. The van der Waals surface area contributed by atoms with Crippen LogP contribution in [0.1, 0.15) is 25.5 Å². The van der Waals surface area contributed by atoms with E-state index in [9.17, 15) is 0 Å². The number of hydrogen-bond acceptors (Lipinski definition) is 6. The Morgan fingerprint density at radius 2 is 2.38 bits per heavy atom. The average Bonchev–Trinajstić information content (AvgIpc) is 2.86. The maximum absolute atomic E-state index is 4.38. The van der Waals surface area contributed by atoms with Crippen LogP contribution in [0.4, 0.5) is 0 Å². The molecule has 0 aliphatic heterocycles. The molecule has 0 saturated heterocycles.